The predicted molar refractivity (Wildman–Crippen MR) is 109 cm³/mol. The highest BCUT2D eigenvalue weighted by atomic mass is 16.5. The minimum absolute atomic E-state index is 0.141. The summed E-state index contributed by atoms with van der Waals surface area (Å²) < 4.78 is 11.4. The molecule has 2 aromatic heterocycles. The topological polar surface area (TPSA) is 88.4 Å². The molecule has 3 aromatic rings. The third-order valence-corrected chi connectivity index (χ3v) is 5.57. The lowest BCUT2D eigenvalue weighted by Crippen LogP contribution is -2.37. The van der Waals surface area contributed by atoms with E-state index in [0.717, 1.165) is 53.5 Å². The van der Waals surface area contributed by atoms with Crippen LogP contribution in [0.25, 0.3) is 11.0 Å². The average Bonchev–Trinajstić information content (AvgIpc) is 3.11. The van der Waals surface area contributed by atoms with Gasteiger partial charge in [0.25, 0.3) is 5.91 Å². The van der Waals surface area contributed by atoms with Gasteiger partial charge in [-0.2, -0.15) is 5.10 Å². The summed E-state index contributed by atoms with van der Waals surface area (Å²) in [5.74, 6) is 0.364. The Kier molecular flexibility index (Phi) is 5.13. The number of hydrogen-bond acceptors (Lipinski definition) is 5. The summed E-state index contributed by atoms with van der Waals surface area (Å²) in [7, 11) is 1.74. The van der Waals surface area contributed by atoms with Crippen molar-refractivity contribution in [2.75, 3.05) is 7.05 Å². The maximum Gasteiger partial charge on any atom is 0.339 e. The number of fused-ring (bicyclic) bond motifs is 3. The van der Waals surface area contributed by atoms with Gasteiger partial charge in [-0.1, -0.05) is 0 Å². The monoisotopic (exact) mass is 395 g/mol. The summed E-state index contributed by atoms with van der Waals surface area (Å²) in [5, 5.41) is 7.81. The molecule has 0 radical (unpaired) electrons. The van der Waals surface area contributed by atoms with E-state index in [-0.39, 0.29) is 11.5 Å². The number of hydrogen-bond donors (Lipinski definition) is 1. The zero-order valence-electron chi connectivity index (χ0n) is 16.9. The molecule has 0 saturated heterocycles. The van der Waals surface area contributed by atoms with Crippen LogP contribution in [0, 0.1) is 6.92 Å². The molecule has 29 heavy (non-hydrogen) atoms. The molecule has 0 bridgehead atoms. The zero-order chi connectivity index (χ0) is 20.5. The molecule has 4 rings (SSSR count). The van der Waals surface area contributed by atoms with Gasteiger partial charge in [-0.25, -0.2) is 4.79 Å². The van der Waals surface area contributed by atoms with E-state index < -0.39 is 6.10 Å². The van der Waals surface area contributed by atoms with Crippen LogP contribution >= 0.6 is 0 Å². The molecular weight excluding hydrogens is 370 g/mol. The SMILES string of the molecule is Cc1[nH]ncc1CN(C)C(=O)C(C)Oc1ccc2c3c(c(=O)oc2c1)CCCC3. The van der Waals surface area contributed by atoms with Crippen LogP contribution in [0.4, 0.5) is 0 Å². The highest BCUT2D eigenvalue weighted by Crippen LogP contribution is 2.29. The van der Waals surface area contributed by atoms with Crippen LogP contribution in [-0.4, -0.2) is 34.2 Å². The van der Waals surface area contributed by atoms with Crippen molar-refractivity contribution in [3.63, 3.8) is 0 Å². The Morgan fingerprint density at radius 1 is 1.31 bits per heavy atom. The Morgan fingerprint density at radius 3 is 2.79 bits per heavy atom. The largest absolute Gasteiger partial charge is 0.481 e. The van der Waals surface area contributed by atoms with Crippen molar-refractivity contribution in [1.29, 1.82) is 0 Å². The fourth-order valence-electron chi connectivity index (χ4n) is 3.93. The Balaban J connectivity index is 1.52. The van der Waals surface area contributed by atoms with Crippen molar-refractivity contribution in [3.05, 3.63) is 57.2 Å². The van der Waals surface area contributed by atoms with Crippen molar-refractivity contribution >= 4 is 16.9 Å². The van der Waals surface area contributed by atoms with Crippen molar-refractivity contribution in [1.82, 2.24) is 15.1 Å². The normalized spacial score (nSPS) is 14.4. The number of carbonyl (C=O) groups is 1. The molecule has 1 amide bonds. The Morgan fingerprint density at radius 2 is 2.07 bits per heavy atom. The lowest BCUT2D eigenvalue weighted by atomic mass is 9.91. The number of nitrogens with one attached hydrogen (secondary N) is 1. The fraction of sp³-hybridized carbons (Fsp3) is 0.409. The highest BCUT2D eigenvalue weighted by molar-refractivity contribution is 5.83. The van der Waals surface area contributed by atoms with E-state index >= 15 is 0 Å². The van der Waals surface area contributed by atoms with Gasteiger partial charge in [0.2, 0.25) is 0 Å². The first kappa shape index (κ1) is 19.2. The molecule has 1 aliphatic carbocycles. The molecule has 1 atom stereocenters. The number of ether oxygens (including phenoxy) is 1. The molecule has 7 heteroatoms. The summed E-state index contributed by atoms with van der Waals surface area (Å²) in [6, 6.07) is 5.46. The van der Waals surface area contributed by atoms with Crippen molar-refractivity contribution in [2.45, 2.75) is 52.2 Å². The van der Waals surface area contributed by atoms with E-state index in [9.17, 15) is 9.59 Å². The van der Waals surface area contributed by atoms with Gasteiger partial charge < -0.3 is 14.1 Å². The van der Waals surface area contributed by atoms with Crippen LogP contribution in [0.2, 0.25) is 0 Å². The summed E-state index contributed by atoms with van der Waals surface area (Å²) in [6.45, 7) is 4.09. The van der Waals surface area contributed by atoms with Crippen LogP contribution in [-0.2, 0) is 24.2 Å². The van der Waals surface area contributed by atoms with E-state index in [4.69, 9.17) is 9.15 Å². The minimum atomic E-state index is -0.672. The van der Waals surface area contributed by atoms with Crippen LogP contribution < -0.4 is 10.4 Å². The van der Waals surface area contributed by atoms with E-state index in [1.54, 1.807) is 31.1 Å². The summed E-state index contributed by atoms with van der Waals surface area (Å²) >= 11 is 0. The number of aromatic nitrogens is 2. The molecule has 1 N–H and O–H groups in total. The van der Waals surface area contributed by atoms with Gasteiger partial charge in [0, 0.05) is 41.9 Å². The molecule has 2 heterocycles. The number of H-pyrrole nitrogens is 1. The third kappa shape index (κ3) is 3.77. The maximum atomic E-state index is 12.7. The van der Waals surface area contributed by atoms with Crippen molar-refractivity contribution < 1.29 is 13.9 Å². The second-order valence-corrected chi connectivity index (χ2v) is 7.69. The van der Waals surface area contributed by atoms with Gasteiger partial charge in [-0.15, -0.1) is 0 Å². The van der Waals surface area contributed by atoms with Crippen LogP contribution in [0.1, 0.15) is 42.1 Å². The molecule has 0 fully saturated rings. The standard InChI is InChI=1S/C22H25N3O4/c1-13-15(11-23-24-13)12-25(3)21(26)14(2)28-16-8-9-18-17-6-4-5-7-19(17)22(27)29-20(18)10-16/h8-11,14H,4-7,12H2,1-3H3,(H,23,24). The average molecular weight is 395 g/mol. The molecule has 7 nitrogen and oxygen atoms in total. The number of carbonyl (C=O) groups excluding carboxylic acids is 1. The third-order valence-electron chi connectivity index (χ3n) is 5.57. The highest BCUT2D eigenvalue weighted by Gasteiger charge is 2.22. The molecule has 0 saturated carbocycles. The second-order valence-electron chi connectivity index (χ2n) is 7.69. The van der Waals surface area contributed by atoms with E-state index in [1.807, 2.05) is 19.1 Å². The fourth-order valence-corrected chi connectivity index (χ4v) is 3.93. The molecule has 152 valence electrons. The number of rotatable bonds is 5. The van der Waals surface area contributed by atoms with Gasteiger partial charge in [0.15, 0.2) is 6.10 Å². The first-order valence-electron chi connectivity index (χ1n) is 9.93. The molecule has 0 aliphatic heterocycles. The first-order valence-corrected chi connectivity index (χ1v) is 9.93. The van der Waals surface area contributed by atoms with Crippen LogP contribution in [0.5, 0.6) is 5.75 Å². The van der Waals surface area contributed by atoms with E-state index in [0.29, 0.717) is 17.9 Å². The predicted octanol–water partition coefficient (Wildman–Crippen LogP) is 3.13. The van der Waals surface area contributed by atoms with E-state index in [2.05, 4.69) is 10.2 Å². The van der Waals surface area contributed by atoms with Gasteiger partial charge in [-0.05, 0) is 57.2 Å². The maximum absolute atomic E-state index is 12.7. The molecular formula is C22H25N3O4. The summed E-state index contributed by atoms with van der Waals surface area (Å²) in [5.41, 5.74) is 4.04. The number of amides is 1. The number of benzene rings is 1. The lowest BCUT2D eigenvalue weighted by molar-refractivity contribution is -0.137. The Bertz CT molecular complexity index is 1110. The smallest absolute Gasteiger partial charge is 0.339 e. The van der Waals surface area contributed by atoms with Crippen molar-refractivity contribution in [2.24, 2.45) is 0 Å². The molecule has 1 aliphatic rings. The van der Waals surface area contributed by atoms with Gasteiger partial charge >= 0.3 is 5.63 Å². The number of nitrogens with zero attached hydrogens (tertiary/aromatic N) is 2. The summed E-state index contributed by atoms with van der Waals surface area (Å²) in [4.78, 5) is 26.6. The Hall–Kier alpha value is -3.09. The van der Waals surface area contributed by atoms with Crippen LogP contribution in [0.3, 0.4) is 0 Å². The Labute approximate surface area is 168 Å². The van der Waals surface area contributed by atoms with Crippen molar-refractivity contribution in [3.8, 4) is 5.75 Å². The molecule has 0 spiro atoms. The van der Waals surface area contributed by atoms with Crippen LogP contribution in [0.15, 0.2) is 33.6 Å². The number of aryl methyl sites for hydroxylation is 2. The van der Waals surface area contributed by atoms with Gasteiger partial charge in [0.1, 0.15) is 11.3 Å². The van der Waals surface area contributed by atoms with Gasteiger partial charge in [0.05, 0.1) is 6.20 Å². The van der Waals surface area contributed by atoms with Gasteiger partial charge in [-0.3, -0.25) is 9.89 Å². The molecule has 1 aromatic carbocycles. The summed E-state index contributed by atoms with van der Waals surface area (Å²) in [6.07, 6.45) is 4.82. The quantitative estimate of drug-likeness (QED) is 0.671. The number of likely N-dealkylation sites (N-methyl/N-ethyl adjacent to an activating group) is 1. The zero-order valence-corrected chi connectivity index (χ0v) is 16.9. The minimum Gasteiger partial charge on any atom is -0.481 e. The molecule has 1 unspecified atom stereocenters. The second kappa shape index (κ2) is 7.73. The first-order chi connectivity index (χ1) is 13.9. The lowest BCUT2D eigenvalue weighted by Gasteiger charge is -2.22. The number of aromatic amines is 1. The van der Waals surface area contributed by atoms with E-state index in [1.165, 1.54) is 0 Å².